The van der Waals surface area contributed by atoms with Gasteiger partial charge in [-0.15, -0.1) is 0 Å². The van der Waals surface area contributed by atoms with Crippen LogP contribution in [0, 0.1) is 0 Å². The van der Waals surface area contributed by atoms with E-state index in [0.717, 1.165) is 23.3 Å². The van der Waals surface area contributed by atoms with Gasteiger partial charge in [-0.1, -0.05) is 42.5 Å². The van der Waals surface area contributed by atoms with Crippen molar-refractivity contribution in [3.05, 3.63) is 71.0 Å². The number of carbonyl (C=O) groups excluding carboxylic acids is 1. The first-order valence-electron chi connectivity index (χ1n) is 8.47. The lowest BCUT2D eigenvalue weighted by Crippen LogP contribution is -2.22. The molecule has 2 aliphatic carbocycles. The van der Waals surface area contributed by atoms with E-state index >= 15 is 0 Å². The van der Waals surface area contributed by atoms with Crippen LogP contribution in [0.15, 0.2) is 75.4 Å². The Bertz CT molecular complexity index is 988. The van der Waals surface area contributed by atoms with Gasteiger partial charge in [-0.25, -0.2) is 9.98 Å². The lowest BCUT2D eigenvalue weighted by molar-refractivity contribution is -0.110. The summed E-state index contributed by atoms with van der Waals surface area (Å²) in [7, 11) is 5.39. The van der Waals surface area contributed by atoms with Crippen molar-refractivity contribution < 1.29 is 9.53 Å². The minimum absolute atomic E-state index is 0.0509. The molecule has 0 unspecified atom stereocenters. The third-order valence-corrected chi connectivity index (χ3v) is 4.54. The number of allylic oxidation sites excluding steroid dienone is 7. The number of ether oxygens (including phenoxy) is 1. The highest BCUT2D eigenvalue weighted by atomic mass is 16.5. The number of guanidine groups is 1. The fourth-order valence-corrected chi connectivity index (χ4v) is 3.29. The van der Waals surface area contributed by atoms with Gasteiger partial charge < -0.3 is 9.64 Å². The van der Waals surface area contributed by atoms with Gasteiger partial charge in [0.05, 0.1) is 12.7 Å². The Hall–Kier alpha value is -3.21. The minimum atomic E-state index is -0.0509. The molecule has 0 aromatic heterocycles. The van der Waals surface area contributed by atoms with Crippen LogP contribution >= 0.6 is 0 Å². The summed E-state index contributed by atoms with van der Waals surface area (Å²) < 4.78 is 5.50. The summed E-state index contributed by atoms with van der Waals surface area (Å²) in [5, 5.41) is 0. The van der Waals surface area contributed by atoms with E-state index in [1.165, 1.54) is 0 Å². The number of ketones is 1. The van der Waals surface area contributed by atoms with Gasteiger partial charge in [0.1, 0.15) is 17.2 Å². The Morgan fingerprint density at radius 3 is 2.69 bits per heavy atom. The lowest BCUT2D eigenvalue weighted by atomic mass is 9.81. The normalized spacial score (nSPS) is 18.3. The summed E-state index contributed by atoms with van der Waals surface area (Å²) in [4.78, 5) is 24.6. The molecule has 5 heteroatoms. The van der Waals surface area contributed by atoms with Gasteiger partial charge >= 0.3 is 0 Å². The fourth-order valence-electron chi connectivity index (χ4n) is 3.29. The second kappa shape index (κ2) is 6.26. The summed E-state index contributed by atoms with van der Waals surface area (Å²) in [5.74, 6) is 1.19. The Morgan fingerprint density at radius 1 is 1.12 bits per heavy atom. The molecule has 1 aromatic carbocycles. The molecule has 130 valence electrons. The largest absolute Gasteiger partial charge is 0.496 e. The van der Waals surface area contributed by atoms with E-state index < -0.39 is 0 Å². The molecule has 0 atom stereocenters. The monoisotopic (exact) mass is 345 g/mol. The average molecular weight is 345 g/mol. The van der Waals surface area contributed by atoms with Gasteiger partial charge in [0.25, 0.3) is 0 Å². The van der Waals surface area contributed by atoms with Crippen LogP contribution in [0.2, 0.25) is 0 Å². The molecule has 0 amide bonds. The van der Waals surface area contributed by atoms with Crippen LogP contribution in [0.3, 0.4) is 0 Å². The molecular formula is C21H19N3O2. The van der Waals surface area contributed by atoms with Crippen molar-refractivity contribution >= 4 is 23.0 Å². The standard InChI is InChI=1S/C21H19N3O2/c1-24(2)21-22-18-13-9-5-4-6-10-14(13)20(25)17(19(18)23-21)15-11-7-8-12-16(15)26-3/h4,6-12H,5H2,1-3H3. The van der Waals surface area contributed by atoms with Gasteiger partial charge in [0.15, 0.2) is 5.78 Å². The van der Waals surface area contributed by atoms with Crippen molar-refractivity contribution in [1.29, 1.82) is 0 Å². The van der Waals surface area contributed by atoms with Crippen molar-refractivity contribution in [3.63, 3.8) is 0 Å². The van der Waals surface area contributed by atoms with Crippen LogP contribution in [0.5, 0.6) is 5.75 Å². The molecule has 4 rings (SSSR count). The number of Topliss-reactive ketones (excluding diaryl/α,β-unsaturated/α-hetero) is 1. The number of aliphatic imine (C=N–C) groups is 2. The van der Waals surface area contributed by atoms with E-state index in [9.17, 15) is 4.79 Å². The maximum absolute atomic E-state index is 13.4. The predicted octanol–water partition coefficient (Wildman–Crippen LogP) is 3.17. The van der Waals surface area contributed by atoms with Gasteiger partial charge in [-0.05, 0) is 12.5 Å². The Balaban J connectivity index is 2.03. The number of benzene rings is 1. The number of methoxy groups -OCH3 is 1. The first kappa shape index (κ1) is 16.3. The molecule has 0 fully saturated rings. The Kier molecular flexibility index (Phi) is 3.92. The lowest BCUT2D eigenvalue weighted by Gasteiger charge is -2.22. The summed E-state index contributed by atoms with van der Waals surface area (Å²) in [5.41, 5.74) is 4.15. The third-order valence-electron chi connectivity index (χ3n) is 4.54. The number of fused-ring (bicyclic) bond motifs is 3. The molecule has 1 aliphatic heterocycles. The second-order valence-electron chi connectivity index (χ2n) is 6.38. The van der Waals surface area contributed by atoms with Crippen LogP contribution < -0.4 is 4.74 Å². The zero-order chi connectivity index (χ0) is 18.3. The molecule has 3 aliphatic rings. The van der Waals surface area contributed by atoms with Crippen LogP contribution in [0.4, 0.5) is 0 Å². The number of hydrogen-bond acceptors (Lipinski definition) is 5. The first-order valence-corrected chi connectivity index (χ1v) is 8.47. The second-order valence-corrected chi connectivity index (χ2v) is 6.38. The highest BCUT2D eigenvalue weighted by Crippen LogP contribution is 2.41. The molecular weight excluding hydrogens is 326 g/mol. The Labute approximate surface area is 152 Å². The number of rotatable bonds is 2. The van der Waals surface area contributed by atoms with Crippen LogP contribution in [-0.4, -0.2) is 43.6 Å². The molecule has 1 heterocycles. The Morgan fingerprint density at radius 2 is 1.92 bits per heavy atom. The van der Waals surface area contributed by atoms with Gasteiger partial charge in [-0.2, -0.15) is 0 Å². The number of hydrogen-bond donors (Lipinski definition) is 0. The topological polar surface area (TPSA) is 54.3 Å². The maximum Gasteiger partial charge on any atom is 0.226 e. The van der Waals surface area contributed by atoms with Crippen LogP contribution in [-0.2, 0) is 4.79 Å². The summed E-state index contributed by atoms with van der Waals surface area (Å²) >= 11 is 0. The van der Waals surface area contributed by atoms with E-state index in [4.69, 9.17) is 9.73 Å². The van der Waals surface area contributed by atoms with Crippen LogP contribution in [0.25, 0.3) is 5.57 Å². The highest BCUT2D eigenvalue weighted by Gasteiger charge is 2.38. The molecule has 1 aromatic rings. The molecule has 0 radical (unpaired) electrons. The molecule has 26 heavy (non-hydrogen) atoms. The van der Waals surface area contributed by atoms with Crippen molar-refractivity contribution in [2.45, 2.75) is 6.42 Å². The number of carbonyl (C=O) groups is 1. The fraction of sp³-hybridized carbons (Fsp3) is 0.190. The summed E-state index contributed by atoms with van der Waals surface area (Å²) in [6.45, 7) is 0. The van der Waals surface area contributed by atoms with Crippen molar-refractivity contribution in [2.24, 2.45) is 9.98 Å². The van der Waals surface area contributed by atoms with Gasteiger partial charge in [0.2, 0.25) is 5.96 Å². The number of para-hydroxylation sites is 1. The summed E-state index contributed by atoms with van der Waals surface area (Å²) in [6, 6.07) is 7.53. The third kappa shape index (κ3) is 2.44. The zero-order valence-corrected chi connectivity index (χ0v) is 15.0. The van der Waals surface area contributed by atoms with Gasteiger partial charge in [-0.3, -0.25) is 4.79 Å². The summed E-state index contributed by atoms with van der Waals surface area (Å²) in [6.07, 6.45) is 8.61. The molecule has 5 nitrogen and oxygen atoms in total. The molecule has 0 bridgehead atoms. The number of nitrogens with zero attached hydrogens (tertiary/aromatic N) is 3. The molecule has 0 N–H and O–H groups in total. The predicted molar refractivity (Wildman–Crippen MR) is 103 cm³/mol. The molecule has 0 saturated carbocycles. The quantitative estimate of drug-likeness (QED) is 0.827. The minimum Gasteiger partial charge on any atom is -0.496 e. The van der Waals surface area contributed by atoms with E-state index in [1.807, 2.05) is 67.6 Å². The van der Waals surface area contributed by atoms with Gasteiger partial charge in [0, 0.05) is 30.8 Å². The van der Waals surface area contributed by atoms with E-state index in [1.54, 1.807) is 7.11 Å². The maximum atomic E-state index is 13.4. The first-order chi connectivity index (χ1) is 12.6. The van der Waals surface area contributed by atoms with E-state index in [0.29, 0.717) is 28.6 Å². The average Bonchev–Trinajstić information content (AvgIpc) is 2.93. The van der Waals surface area contributed by atoms with Crippen molar-refractivity contribution in [2.75, 3.05) is 21.2 Å². The SMILES string of the molecule is COc1ccccc1C1=C2N=C(N(C)C)N=C2C2=CCC=CC=C2C1=O. The van der Waals surface area contributed by atoms with Crippen LogP contribution in [0.1, 0.15) is 12.0 Å². The van der Waals surface area contributed by atoms with E-state index in [-0.39, 0.29) is 5.78 Å². The molecule has 0 spiro atoms. The zero-order valence-electron chi connectivity index (χ0n) is 15.0. The van der Waals surface area contributed by atoms with Crippen molar-refractivity contribution in [1.82, 2.24) is 4.90 Å². The highest BCUT2D eigenvalue weighted by molar-refractivity contribution is 6.45. The molecule has 0 saturated heterocycles. The van der Waals surface area contributed by atoms with Crippen molar-refractivity contribution in [3.8, 4) is 5.75 Å². The van der Waals surface area contributed by atoms with E-state index in [2.05, 4.69) is 4.99 Å². The smallest absolute Gasteiger partial charge is 0.226 e.